The fraction of sp³-hybridized carbons (Fsp3) is 0.364. The van der Waals surface area contributed by atoms with Gasteiger partial charge in [0.05, 0.1) is 4.34 Å². The van der Waals surface area contributed by atoms with Crippen LogP contribution in [0.2, 0.25) is 4.34 Å². The largest absolute Gasteiger partial charge is 0.354 e. The van der Waals surface area contributed by atoms with Gasteiger partial charge in [-0.15, -0.1) is 11.3 Å². The molecule has 0 fully saturated rings. The number of aromatic nitrogens is 3. The predicted octanol–water partition coefficient (Wildman–Crippen LogP) is 1.91. The van der Waals surface area contributed by atoms with Gasteiger partial charge in [0.15, 0.2) is 0 Å². The van der Waals surface area contributed by atoms with Crippen molar-refractivity contribution in [3.8, 4) is 0 Å². The van der Waals surface area contributed by atoms with E-state index in [1.165, 1.54) is 28.7 Å². The van der Waals surface area contributed by atoms with Crippen LogP contribution in [-0.2, 0) is 11.2 Å². The Labute approximate surface area is 114 Å². The highest BCUT2D eigenvalue weighted by atomic mass is 35.5. The molecular formula is C11H13ClN4OS. The molecule has 0 bridgehead atoms. The molecule has 0 aliphatic rings. The highest BCUT2D eigenvalue weighted by molar-refractivity contribution is 7.16. The molecule has 1 N–H and O–H groups in total. The maximum atomic E-state index is 11.8. The van der Waals surface area contributed by atoms with Crippen molar-refractivity contribution in [2.75, 3.05) is 6.54 Å². The molecular weight excluding hydrogens is 272 g/mol. The lowest BCUT2D eigenvalue weighted by Crippen LogP contribution is -2.32. The Bertz CT molecular complexity index is 511. The highest BCUT2D eigenvalue weighted by Crippen LogP contribution is 2.21. The van der Waals surface area contributed by atoms with Crippen LogP contribution < -0.4 is 5.32 Å². The van der Waals surface area contributed by atoms with E-state index in [9.17, 15) is 4.79 Å². The first-order valence-corrected chi connectivity index (χ1v) is 6.72. The molecule has 0 saturated carbocycles. The first kappa shape index (κ1) is 13.0. The number of amides is 1. The van der Waals surface area contributed by atoms with Gasteiger partial charge >= 0.3 is 0 Å². The van der Waals surface area contributed by atoms with E-state index in [2.05, 4.69) is 15.4 Å². The molecule has 2 aromatic heterocycles. The van der Waals surface area contributed by atoms with Crippen LogP contribution in [0.5, 0.6) is 0 Å². The minimum atomic E-state index is -0.348. The van der Waals surface area contributed by atoms with Crippen molar-refractivity contribution in [2.24, 2.45) is 0 Å². The van der Waals surface area contributed by atoms with Gasteiger partial charge in [-0.2, -0.15) is 5.10 Å². The van der Waals surface area contributed by atoms with Gasteiger partial charge in [-0.3, -0.25) is 4.79 Å². The van der Waals surface area contributed by atoms with Crippen molar-refractivity contribution in [1.29, 1.82) is 0 Å². The third kappa shape index (κ3) is 3.30. The van der Waals surface area contributed by atoms with Gasteiger partial charge in [0.2, 0.25) is 5.91 Å². The lowest BCUT2D eigenvalue weighted by molar-refractivity contribution is -0.124. The zero-order chi connectivity index (χ0) is 13.0. The van der Waals surface area contributed by atoms with Crippen molar-refractivity contribution in [1.82, 2.24) is 20.1 Å². The van der Waals surface area contributed by atoms with E-state index in [1.807, 2.05) is 12.1 Å². The second-order valence-electron chi connectivity index (χ2n) is 3.80. The lowest BCUT2D eigenvalue weighted by Gasteiger charge is -2.11. The maximum absolute atomic E-state index is 11.8. The zero-order valence-corrected chi connectivity index (χ0v) is 11.4. The SMILES string of the molecule is CC(C(=O)NCCc1ccc(Cl)s1)n1cncn1. The normalized spacial score (nSPS) is 12.3. The topological polar surface area (TPSA) is 59.8 Å². The van der Waals surface area contributed by atoms with Gasteiger partial charge < -0.3 is 5.32 Å². The van der Waals surface area contributed by atoms with E-state index in [0.717, 1.165) is 15.6 Å². The zero-order valence-electron chi connectivity index (χ0n) is 9.84. The molecule has 0 aliphatic carbocycles. The summed E-state index contributed by atoms with van der Waals surface area (Å²) in [5, 5.41) is 6.80. The molecule has 18 heavy (non-hydrogen) atoms. The number of thiophene rings is 1. The quantitative estimate of drug-likeness (QED) is 0.912. The fourth-order valence-corrected chi connectivity index (χ4v) is 2.57. The van der Waals surface area contributed by atoms with Crippen molar-refractivity contribution >= 4 is 28.8 Å². The summed E-state index contributed by atoms with van der Waals surface area (Å²) in [7, 11) is 0. The number of halogens is 1. The monoisotopic (exact) mass is 284 g/mol. The highest BCUT2D eigenvalue weighted by Gasteiger charge is 2.14. The van der Waals surface area contributed by atoms with Crippen LogP contribution in [0.25, 0.3) is 0 Å². The van der Waals surface area contributed by atoms with E-state index in [0.29, 0.717) is 6.54 Å². The number of nitrogens with one attached hydrogen (secondary N) is 1. The summed E-state index contributed by atoms with van der Waals surface area (Å²) >= 11 is 7.36. The molecule has 1 amide bonds. The average molecular weight is 285 g/mol. The van der Waals surface area contributed by atoms with Crippen molar-refractivity contribution < 1.29 is 4.79 Å². The minimum absolute atomic E-state index is 0.0665. The van der Waals surface area contributed by atoms with Crippen LogP contribution in [0, 0.1) is 0 Å². The minimum Gasteiger partial charge on any atom is -0.354 e. The number of carbonyl (C=O) groups excluding carboxylic acids is 1. The second kappa shape index (κ2) is 5.97. The summed E-state index contributed by atoms with van der Waals surface area (Å²) in [6.45, 7) is 2.38. The Hall–Kier alpha value is -1.40. The second-order valence-corrected chi connectivity index (χ2v) is 5.60. The number of hydrogen-bond donors (Lipinski definition) is 1. The third-order valence-corrected chi connectivity index (χ3v) is 3.80. The molecule has 5 nitrogen and oxygen atoms in total. The summed E-state index contributed by atoms with van der Waals surface area (Å²) in [6.07, 6.45) is 3.73. The van der Waals surface area contributed by atoms with Gasteiger partial charge in [-0.25, -0.2) is 9.67 Å². The van der Waals surface area contributed by atoms with Gasteiger partial charge in [0.1, 0.15) is 18.7 Å². The molecule has 7 heteroatoms. The molecule has 96 valence electrons. The number of nitrogens with zero attached hydrogens (tertiary/aromatic N) is 3. The molecule has 0 aromatic carbocycles. The Morgan fingerprint density at radius 2 is 2.44 bits per heavy atom. The molecule has 2 heterocycles. The Balaban J connectivity index is 1.78. The van der Waals surface area contributed by atoms with Gasteiger partial charge in [-0.05, 0) is 25.5 Å². The first-order valence-electron chi connectivity index (χ1n) is 5.53. The van der Waals surface area contributed by atoms with E-state index in [-0.39, 0.29) is 11.9 Å². The lowest BCUT2D eigenvalue weighted by atomic mass is 10.3. The molecule has 0 spiro atoms. The third-order valence-electron chi connectivity index (χ3n) is 2.51. The standard InChI is InChI=1S/C11H13ClN4OS/c1-8(16-7-13-6-15-16)11(17)14-5-4-9-2-3-10(12)18-9/h2-3,6-8H,4-5H2,1H3,(H,14,17). The van der Waals surface area contributed by atoms with Crippen molar-refractivity contribution in [2.45, 2.75) is 19.4 Å². The van der Waals surface area contributed by atoms with E-state index < -0.39 is 0 Å². The Morgan fingerprint density at radius 3 is 3.06 bits per heavy atom. The van der Waals surface area contributed by atoms with Crippen LogP contribution in [0.3, 0.4) is 0 Å². The van der Waals surface area contributed by atoms with Crippen molar-refractivity contribution in [3.63, 3.8) is 0 Å². The smallest absolute Gasteiger partial charge is 0.244 e. The van der Waals surface area contributed by atoms with Gasteiger partial charge in [0.25, 0.3) is 0 Å². The summed E-state index contributed by atoms with van der Waals surface area (Å²) < 4.78 is 2.30. The van der Waals surface area contributed by atoms with Gasteiger partial charge in [0, 0.05) is 11.4 Å². The number of carbonyl (C=O) groups is 1. The Morgan fingerprint density at radius 1 is 1.61 bits per heavy atom. The van der Waals surface area contributed by atoms with Crippen LogP contribution in [-0.4, -0.2) is 27.2 Å². The fourth-order valence-electron chi connectivity index (χ4n) is 1.48. The predicted molar refractivity (Wildman–Crippen MR) is 70.8 cm³/mol. The summed E-state index contributed by atoms with van der Waals surface area (Å²) in [5.41, 5.74) is 0. The summed E-state index contributed by atoms with van der Waals surface area (Å²) in [4.78, 5) is 16.8. The summed E-state index contributed by atoms with van der Waals surface area (Å²) in [5.74, 6) is -0.0665. The molecule has 0 saturated heterocycles. The van der Waals surface area contributed by atoms with E-state index >= 15 is 0 Å². The molecule has 2 aromatic rings. The van der Waals surface area contributed by atoms with Gasteiger partial charge in [-0.1, -0.05) is 11.6 Å². The molecule has 1 atom stereocenters. The van der Waals surface area contributed by atoms with E-state index in [1.54, 1.807) is 6.92 Å². The first-order chi connectivity index (χ1) is 8.66. The number of rotatable bonds is 5. The van der Waals surface area contributed by atoms with Crippen LogP contribution in [0.4, 0.5) is 0 Å². The van der Waals surface area contributed by atoms with Crippen molar-refractivity contribution in [3.05, 3.63) is 34.0 Å². The Kier molecular flexibility index (Phi) is 4.33. The van der Waals surface area contributed by atoms with Crippen LogP contribution in [0.15, 0.2) is 24.8 Å². The number of hydrogen-bond acceptors (Lipinski definition) is 4. The van der Waals surface area contributed by atoms with Crippen LogP contribution >= 0.6 is 22.9 Å². The molecule has 0 aliphatic heterocycles. The summed E-state index contributed by atoms with van der Waals surface area (Å²) in [6, 6.07) is 3.49. The molecule has 1 unspecified atom stereocenters. The molecule has 0 radical (unpaired) electrons. The van der Waals surface area contributed by atoms with Crippen LogP contribution in [0.1, 0.15) is 17.8 Å². The maximum Gasteiger partial charge on any atom is 0.244 e. The van der Waals surface area contributed by atoms with E-state index in [4.69, 9.17) is 11.6 Å². The molecule has 2 rings (SSSR count). The average Bonchev–Trinajstić information content (AvgIpc) is 2.99.